The van der Waals surface area contributed by atoms with Crippen molar-refractivity contribution in [3.63, 3.8) is 0 Å². The highest BCUT2D eigenvalue weighted by Crippen LogP contribution is 2.37. The predicted octanol–water partition coefficient (Wildman–Crippen LogP) is 2.54. The molecule has 0 unspecified atom stereocenters. The van der Waals surface area contributed by atoms with Crippen LogP contribution in [0.15, 0.2) is 16.3 Å². The van der Waals surface area contributed by atoms with Crippen molar-refractivity contribution >= 4 is 5.71 Å². The molecule has 0 bridgehead atoms. The van der Waals surface area contributed by atoms with Gasteiger partial charge in [-0.15, -0.1) is 0 Å². The van der Waals surface area contributed by atoms with Crippen LogP contribution in [0.25, 0.3) is 0 Å². The zero-order valence-corrected chi connectivity index (χ0v) is 6.65. The number of hydrogen-bond donors (Lipinski definition) is 0. The lowest BCUT2D eigenvalue weighted by molar-refractivity contribution is 0.793. The van der Waals surface area contributed by atoms with Gasteiger partial charge in [-0.25, -0.2) is 0 Å². The molecule has 2 aliphatic rings. The highest BCUT2D eigenvalue weighted by molar-refractivity contribution is 5.92. The van der Waals surface area contributed by atoms with E-state index in [1.165, 1.54) is 30.7 Å². The summed E-state index contributed by atoms with van der Waals surface area (Å²) in [7, 11) is 0. The molecule has 0 amide bonds. The summed E-state index contributed by atoms with van der Waals surface area (Å²) in [4.78, 5) is 4.55. The van der Waals surface area contributed by atoms with Gasteiger partial charge in [0.2, 0.25) is 0 Å². The molecule has 1 aliphatic heterocycles. The third-order valence-electron chi connectivity index (χ3n) is 2.41. The summed E-state index contributed by atoms with van der Waals surface area (Å²) in [5.41, 5.74) is 4.43. The molecule has 1 nitrogen and oxygen atoms in total. The van der Waals surface area contributed by atoms with Crippen molar-refractivity contribution in [2.75, 3.05) is 0 Å². The maximum absolute atomic E-state index is 4.55. The maximum atomic E-state index is 4.55. The first kappa shape index (κ1) is 6.14. The molecule has 1 heterocycles. The van der Waals surface area contributed by atoms with Gasteiger partial charge in [0, 0.05) is 17.8 Å². The molecule has 0 N–H and O–H groups in total. The van der Waals surface area contributed by atoms with E-state index in [1.54, 1.807) is 5.57 Å². The molecule has 10 heavy (non-hydrogen) atoms. The highest BCUT2D eigenvalue weighted by atomic mass is 14.8. The highest BCUT2D eigenvalue weighted by Gasteiger charge is 2.25. The summed E-state index contributed by atoms with van der Waals surface area (Å²) < 4.78 is 0. The van der Waals surface area contributed by atoms with Crippen molar-refractivity contribution in [3.05, 3.63) is 11.3 Å². The van der Waals surface area contributed by atoms with Gasteiger partial charge in [0.1, 0.15) is 0 Å². The fraction of sp³-hybridized carbons (Fsp3) is 0.667. The Labute approximate surface area is 61.9 Å². The maximum Gasteiger partial charge on any atom is 0.0402 e. The molecule has 0 fully saturated rings. The van der Waals surface area contributed by atoms with Crippen LogP contribution in [0, 0.1) is 5.92 Å². The molecule has 0 saturated carbocycles. The Hall–Kier alpha value is -0.590. The van der Waals surface area contributed by atoms with Gasteiger partial charge in [-0.1, -0.05) is 13.8 Å². The van der Waals surface area contributed by atoms with Crippen LogP contribution in [0.3, 0.4) is 0 Å². The van der Waals surface area contributed by atoms with Crippen LogP contribution >= 0.6 is 0 Å². The third kappa shape index (κ3) is 0.731. The van der Waals surface area contributed by atoms with E-state index in [0.29, 0.717) is 5.92 Å². The number of nitrogens with zero attached hydrogens (tertiary/aromatic N) is 1. The number of aliphatic imine (C=N–C) groups is 1. The fourth-order valence-corrected chi connectivity index (χ4v) is 1.50. The summed E-state index contributed by atoms with van der Waals surface area (Å²) in [5, 5.41) is 0. The van der Waals surface area contributed by atoms with Crippen LogP contribution in [0.4, 0.5) is 0 Å². The van der Waals surface area contributed by atoms with Crippen molar-refractivity contribution in [1.82, 2.24) is 0 Å². The first-order valence-electron chi connectivity index (χ1n) is 4.05. The minimum absolute atomic E-state index is 0.658. The summed E-state index contributed by atoms with van der Waals surface area (Å²) in [6.45, 7) is 4.45. The predicted molar refractivity (Wildman–Crippen MR) is 43.2 cm³/mol. The van der Waals surface area contributed by atoms with E-state index in [0.717, 1.165) is 0 Å². The normalized spacial score (nSPS) is 22.9. The van der Waals surface area contributed by atoms with Crippen LogP contribution in [0.2, 0.25) is 0 Å². The molecule has 1 heteroatoms. The SMILES string of the molecule is CC(C)C1=NC2=C(CC2)C1. The van der Waals surface area contributed by atoms with Gasteiger partial charge in [-0.2, -0.15) is 0 Å². The largest absolute Gasteiger partial charge is 0.262 e. The molecule has 0 atom stereocenters. The molecule has 0 radical (unpaired) electrons. The van der Waals surface area contributed by atoms with Crippen LogP contribution in [0.1, 0.15) is 33.1 Å². The second kappa shape index (κ2) is 1.94. The molecule has 0 saturated heterocycles. The van der Waals surface area contributed by atoms with Crippen LogP contribution in [-0.4, -0.2) is 5.71 Å². The summed E-state index contributed by atoms with van der Waals surface area (Å²) >= 11 is 0. The van der Waals surface area contributed by atoms with E-state index in [4.69, 9.17) is 0 Å². The lowest BCUT2D eigenvalue weighted by Gasteiger charge is -2.12. The van der Waals surface area contributed by atoms with Gasteiger partial charge in [0.05, 0.1) is 0 Å². The van der Waals surface area contributed by atoms with Gasteiger partial charge in [0.15, 0.2) is 0 Å². The first-order valence-corrected chi connectivity index (χ1v) is 4.05. The van der Waals surface area contributed by atoms with Gasteiger partial charge in [-0.3, -0.25) is 4.99 Å². The standard InChI is InChI=1S/C9H13N/c1-6(2)9-5-7-3-4-8(7)10-9/h6H,3-5H2,1-2H3. The van der Waals surface area contributed by atoms with E-state index in [9.17, 15) is 0 Å². The van der Waals surface area contributed by atoms with Crippen molar-refractivity contribution in [1.29, 1.82) is 0 Å². The molecular formula is C9H13N. The van der Waals surface area contributed by atoms with Crippen molar-refractivity contribution < 1.29 is 0 Å². The second-order valence-corrected chi connectivity index (χ2v) is 3.48. The molecule has 2 rings (SSSR count). The number of hydrogen-bond acceptors (Lipinski definition) is 1. The zero-order chi connectivity index (χ0) is 7.14. The Morgan fingerprint density at radius 3 is 2.40 bits per heavy atom. The van der Waals surface area contributed by atoms with Crippen molar-refractivity contribution in [2.45, 2.75) is 33.1 Å². The number of rotatable bonds is 1. The van der Waals surface area contributed by atoms with E-state index in [1.807, 2.05) is 0 Å². The second-order valence-electron chi connectivity index (χ2n) is 3.48. The summed E-state index contributed by atoms with van der Waals surface area (Å²) in [6.07, 6.45) is 3.74. The molecule has 0 aromatic carbocycles. The minimum atomic E-state index is 0.658. The van der Waals surface area contributed by atoms with E-state index < -0.39 is 0 Å². The van der Waals surface area contributed by atoms with E-state index in [2.05, 4.69) is 18.8 Å². The van der Waals surface area contributed by atoms with E-state index >= 15 is 0 Å². The van der Waals surface area contributed by atoms with Crippen LogP contribution in [-0.2, 0) is 0 Å². The molecule has 1 aliphatic carbocycles. The Bertz CT molecular complexity index is 221. The van der Waals surface area contributed by atoms with Gasteiger partial charge in [-0.05, 0) is 24.3 Å². The van der Waals surface area contributed by atoms with Crippen LogP contribution < -0.4 is 0 Å². The smallest absolute Gasteiger partial charge is 0.0402 e. The van der Waals surface area contributed by atoms with Crippen molar-refractivity contribution in [2.24, 2.45) is 10.9 Å². The van der Waals surface area contributed by atoms with Crippen LogP contribution in [0.5, 0.6) is 0 Å². The van der Waals surface area contributed by atoms with Gasteiger partial charge < -0.3 is 0 Å². The van der Waals surface area contributed by atoms with E-state index in [-0.39, 0.29) is 0 Å². The Morgan fingerprint density at radius 2 is 2.10 bits per heavy atom. The molecule has 54 valence electrons. The third-order valence-corrected chi connectivity index (χ3v) is 2.41. The molecule has 0 spiro atoms. The monoisotopic (exact) mass is 135 g/mol. The number of allylic oxidation sites excluding steroid dienone is 2. The topological polar surface area (TPSA) is 12.4 Å². The fourth-order valence-electron chi connectivity index (χ4n) is 1.50. The Balaban J connectivity index is 2.14. The quantitative estimate of drug-likeness (QED) is 0.524. The average molecular weight is 135 g/mol. The molecule has 0 aromatic heterocycles. The Kier molecular flexibility index (Phi) is 1.19. The summed E-state index contributed by atoms with van der Waals surface area (Å²) in [6, 6.07) is 0. The van der Waals surface area contributed by atoms with Gasteiger partial charge in [0.25, 0.3) is 0 Å². The molecule has 0 aromatic rings. The van der Waals surface area contributed by atoms with Crippen molar-refractivity contribution in [3.8, 4) is 0 Å². The summed E-state index contributed by atoms with van der Waals surface area (Å²) in [5.74, 6) is 0.658. The minimum Gasteiger partial charge on any atom is -0.262 e. The first-order chi connectivity index (χ1) is 4.77. The Morgan fingerprint density at radius 1 is 1.30 bits per heavy atom. The molecular weight excluding hydrogens is 122 g/mol. The van der Waals surface area contributed by atoms with Gasteiger partial charge >= 0.3 is 0 Å². The average Bonchev–Trinajstić information content (AvgIpc) is 2.09. The lowest BCUT2D eigenvalue weighted by Crippen LogP contribution is -2.04. The lowest BCUT2D eigenvalue weighted by atomic mass is 9.92. The zero-order valence-electron chi connectivity index (χ0n) is 6.65.